The highest BCUT2D eigenvalue weighted by Crippen LogP contribution is 2.42. The molecule has 0 amide bonds. The quantitative estimate of drug-likeness (QED) is 0.357. The van der Waals surface area contributed by atoms with Crippen LogP contribution in [0.25, 0.3) is 0 Å². The molecule has 1 aliphatic heterocycles. The fraction of sp³-hybridized carbons (Fsp3) is 0.741. The second-order valence-corrected chi connectivity index (χ2v) is 10.1. The Bertz CT molecular complexity index is 731. The average Bonchev–Trinajstić information content (AvgIpc) is 3.16. The largest absolute Gasteiger partial charge is 0.482 e. The van der Waals surface area contributed by atoms with Crippen LogP contribution in [0.5, 0.6) is 5.75 Å². The van der Waals surface area contributed by atoms with Gasteiger partial charge in [0.25, 0.3) is 0 Å². The van der Waals surface area contributed by atoms with Crippen LogP contribution in [0.2, 0.25) is 0 Å². The van der Waals surface area contributed by atoms with Gasteiger partial charge < -0.3 is 19.3 Å². The van der Waals surface area contributed by atoms with Crippen molar-refractivity contribution >= 4 is 5.97 Å². The highest BCUT2D eigenvalue weighted by atomic mass is 16.6. The molecule has 1 N–H and O–H groups in total. The lowest BCUT2D eigenvalue weighted by Gasteiger charge is -2.30. The summed E-state index contributed by atoms with van der Waals surface area (Å²) < 4.78 is 17.5. The summed E-state index contributed by atoms with van der Waals surface area (Å²) in [6, 6.07) is 6.14. The standard InChI is InChI=1S/C27H42O5/c1-5-6-7-10-22(28)12-13-26-24-14-20-9-8-11-25(23(20)15-21(24)16-30-26)31-17-27(29)32-19(4)18(2)3/h8-9,11,18-19,21-22,24,26,28H,5-7,10,12-17H2,1-4H3. The third kappa shape index (κ3) is 6.71. The number of carbonyl (C=O) groups is 1. The highest BCUT2D eigenvalue weighted by molar-refractivity contribution is 5.71. The zero-order valence-electron chi connectivity index (χ0n) is 20.3. The zero-order valence-corrected chi connectivity index (χ0v) is 20.3. The lowest BCUT2D eigenvalue weighted by Crippen LogP contribution is -2.30. The van der Waals surface area contributed by atoms with E-state index in [1.807, 2.05) is 32.9 Å². The average molecular weight is 447 g/mol. The fourth-order valence-corrected chi connectivity index (χ4v) is 4.93. The first kappa shape index (κ1) is 25.0. The molecule has 2 aliphatic rings. The van der Waals surface area contributed by atoms with E-state index in [2.05, 4.69) is 13.0 Å². The topological polar surface area (TPSA) is 65.0 Å². The Hall–Kier alpha value is -1.59. The Morgan fingerprint density at radius 2 is 2.00 bits per heavy atom. The van der Waals surface area contributed by atoms with Crippen LogP contribution in [-0.2, 0) is 27.1 Å². The molecule has 1 heterocycles. The van der Waals surface area contributed by atoms with E-state index < -0.39 is 0 Å². The molecule has 0 aromatic heterocycles. The van der Waals surface area contributed by atoms with Gasteiger partial charge in [0.1, 0.15) is 11.9 Å². The smallest absolute Gasteiger partial charge is 0.344 e. The van der Waals surface area contributed by atoms with E-state index in [-0.39, 0.29) is 36.8 Å². The van der Waals surface area contributed by atoms with Crippen LogP contribution in [0.1, 0.15) is 77.3 Å². The van der Waals surface area contributed by atoms with Crippen LogP contribution in [0.4, 0.5) is 0 Å². The van der Waals surface area contributed by atoms with Crippen molar-refractivity contribution in [2.24, 2.45) is 17.8 Å². The number of ether oxygens (including phenoxy) is 3. The highest BCUT2D eigenvalue weighted by Gasteiger charge is 2.41. The summed E-state index contributed by atoms with van der Waals surface area (Å²) in [7, 11) is 0. The van der Waals surface area contributed by atoms with E-state index in [0.29, 0.717) is 11.8 Å². The van der Waals surface area contributed by atoms with Gasteiger partial charge in [0, 0.05) is 0 Å². The van der Waals surface area contributed by atoms with Crippen LogP contribution in [-0.4, -0.2) is 42.6 Å². The number of benzene rings is 1. The van der Waals surface area contributed by atoms with Gasteiger partial charge >= 0.3 is 5.97 Å². The first-order valence-electron chi connectivity index (χ1n) is 12.6. The van der Waals surface area contributed by atoms with Crippen LogP contribution >= 0.6 is 0 Å². The monoisotopic (exact) mass is 446 g/mol. The van der Waals surface area contributed by atoms with Gasteiger partial charge in [-0.15, -0.1) is 0 Å². The molecule has 5 heteroatoms. The van der Waals surface area contributed by atoms with Crippen LogP contribution in [0.3, 0.4) is 0 Å². The van der Waals surface area contributed by atoms with Gasteiger partial charge in [-0.3, -0.25) is 0 Å². The number of aliphatic hydroxyl groups excluding tert-OH is 1. The normalized spacial score (nSPS) is 24.0. The number of fused-ring (bicyclic) bond motifs is 2. The molecule has 180 valence electrons. The molecule has 1 fully saturated rings. The summed E-state index contributed by atoms with van der Waals surface area (Å²) in [4.78, 5) is 12.1. The van der Waals surface area contributed by atoms with Crippen molar-refractivity contribution in [2.75, 3.05) is 13.2 Å². The van der Waals surface area contributed by atoms with Gasteiger partial charge in [0.15, 0.2) is 6.61 Å². The van der Waals surface area contributed by atoms with Crippen molar-refractivity contribution in [1.29, 1.82) is 0 Å². The van der Waals surface area contributed by atoms with E-state index in [0.717, 1.165) is 50.9 Å². The number of hydrogen-bond donors (Lipinski definition) is 1. The third-order valence-corrected chi connectivity index (χ3v) is 7.29. The first-order chi connectivity index (χ1) is 15.4. The molecule has 5 nitrogen and oxygen atoms in total. The van der Waals surface area contributed by atoms with E-state index in [4.69, 9.17) is 14.2 Å². The Balaban J connectivity index is 1.54. The van der Waals surface area contributed by atoms with Crippen molar-refractivity contribution in [3.8, 4) is 5.75 Å². The summed E-state index contributed by atoms with van der Waals surface area (Å²) in [5.74, 6) is 1.73. The van der Waals surface area contributed by atoms with Crippen LogP contribution in [0.15, 0.2) is 18.2 Å². The molecule has 3 rings (SSSR count). The van der Waals surface area contributed by atoms with Crippen molar-refractivity contribution in [3.05, 3.63) is 29.3 Å². The summed E-state index contributed by atoms with van der Waals surface area (Å²) in [5.41, 5.74) is 2.51. The summed E-state index contributed by atoms with van der Waals surface area (Å²) in [6.45, 7) is 8.88. The minimum Gasteiger partial charge on any atom is -0.482 e. The van der Waals surface area contributed by atoms with Crippen LogP contribution < -0.4 is 4.74 Å². The second kappa shape index (κ2) is 12.0. The number of rotatable bonds is 12. The molecule has 5 unspecified atom stereocenters. The van der Waals surface area contributed by atoms with E-state index in [9.17, 15) is 9.90 Å². The molecular weight excluding hydrogens is 404 g/mol. The molecule has 1 saturated heterocycles. The van der Waals surface area contributed by atoms with Gasteiger partial charge in [-0.05, 0) is 74.0 Å². The SMILES string of the molecule is CCCCCC(O)CCC1OCC2Cc3c(cccc3OCC(=O)OC(C)C(C)C)CC21. The molecule has 0 radical (unpaired) electrons. The predicted octanol–water partition coefficient (Wildman–Crippen LogP) is 5.10. The fourth-order valence-electron chi connectivity index (χ4n) is 4.93. The van der Waals surface area contributed by atoms with Gasteiger partial charge in [-0.25, -0.2) is 4.79 Å². The minimum absolute atomic E-state index is 0.0589. The van der Waals surface area contributed by atoms with Gasteiger partial charge in [-0.1, -0.05) is 52.2 Å². The van der Waals surface area contributed by atoms with Crippen molar-refractivity contribution in [2.45, 2.75) is 97.4 Å². The maximum Gasteiger partial charge on any atom is 0.344 e. The lowest BCUT2D eigenvalue weighted by molar-refractivity contribution is -0.152. The molecule has 5 atom stereocenters. The van der Waals surface area contributed by atoms with E-state index in [1.165, 1.54) is 24.0 Å². The maximum absolute atomic E-state index is 12.1. The summed E-state index contributed by atoms with van der Waals surface area (Å²) in [6.07, 6.45) is 7.93. The van der Waals surface area contributed by atoms with Crippen molar-refractivity contribution in [1.82, 2.24) is 0 Å². The number of esters is 1. The molecule has 0 spiro atoms. The molecule has 32 heavy (non-hydrogen) atoms. The zero-order chi connectivity index (χ0) is 23.1. The number of hydrogen-bond acceptors (Lipinski definition) is 5. The molecule has 1 aliphatic carbocycles. The van der Waals surface area contributed by atoms with E-state index >= 15 is 0 Å². The molecular formula is C27H42O5. The summed E-state index contributed by atoms with van der Waals surface area (Å²) >= 11 is 0. The Kier molecular flexibility index (Phi) is 9.42. The molecule has 1 aromatic rings. The van der Waals surface area contributed by atoms with Crippen molar-refractivity contribution < 1.29 is 24.1 Å². The summed E-state index contributed by atoms with van der Waals surface area (Å²) in [5, 5.41) is 10.3. The van der Waals surface area contributed by atoms with Gasteiger partial charge in [0.05, 0.1) is 18.8 Å². The number of aliphatic hydroxyl groups is 1. The number of carbonyl (C=O) groups excluding carboxylic acids is 1. The van der Waals surface area contributed by atoms with Crippen LogP contribution in [0, 0.1) is 17.8 Å². The van der Waals surface area contributed by atoms with Gasteiger partial charge in [-0.2, -0.15) is 0 Å². The Labute approximate surface area is 193 Å². The lowest BCUT2D eigenvalue weighted by atomic mass is 9.74. The predicted molar refractivity (Wildman–Crippen MR) is 126 cm³/mol. The second-order valence-electron chi connectivity index (χ2n) is 10.1. The minimum atomic E-state index is -0.320. The first-order valence-corrected chi connectivity index (χ1v) is 12.6. The molecule has 0 saturated carbocycles. The maximum atomic E-state index is 12.1. The van der Waals surface area contributed by atoms with Gasteiger partial charge in [0.2, 0.25) is 0 Å². The Morgan fingerprint density at radius 3 is 2.75 bits per heavy atom. The third-order valence-electron chi connectivity index (χ3n) is 7.29. The molecule has 0 bridgehead atoms. The van der Waals surface area contributed by atoms with E-state index in [1.54, 1.807) is 0 Å². The van der Waals surface area contributed by atoms with Crippen molar-refractivity contribution in [3.63, 3.8) is 0 Å². The number of unbranched alkanes of at least 4 members (excludes halogenated alkanes) is 2. The Morgan fingerprint density at radius 1 is 1.19 bits per heavy atom. The molecule has 1 aromatic carbocycles.